The lowest BCUT2D eigenvalue weighted by molar-refractivity contribution is 0.0675. The molecule has 7 heteroatoms. The van der Waals surface area contributed by atoms with Crippen LogP contribution in [0.5, 0.6) is 0 Å². The highest BCUT2D eigenvalue weighted by atomic mass is 35.5. The van der Waals surface area contributed by atoms with Gasteiger partial charge in [-0.2, -0.15) is 0 Å². The Balaban J connectivity index is 0.00000161. The first-order chi connectivity index (χ1) is 9.65. The van der Waals surface area contributed by atoms with Gasteiger partial charge in [-0.3, -0.25) is 4.79 Å². The molecule has 1 unspecified atom stereocenters. The van der Waals surface area contributed by atoms with Crippen LogP contribution in [0.1, 0.15) is 36.0 Å². The van der Waals surface area contributed by atoms with Crippen LogP contribution in [0.25, 0.3) is 0 Å². The maximum absolute atomic E-state index is 12.4. The summed E-state index contributed by atoms with van der Waals surface area (Å²) in [4.78, 5) is 14.3. The van der Waals surface area contributed by atoms with Gasteiger partial charge in [0.2, 0.25) is 0 Å². The molecule has 1 atom stereocenters. The third-order valence-corrected chi connectivity index (χ3v) is 5.87. The Hall–Kier alpha value is -0.000000000000000104. The average molecular weight is 370 g/mol. The lowest BCUT2D eigenvalue weighted by Crippen LogP contribution is -2.43. The smallest absolute Gasteiger partial charge is 0.256 e. The van der Waals surface area contributed by atoms with E-state index in [0.717, 1.165) is 32.5 Å². The highest BCUT2D eigenvalue weighted by molar-refractivity contribution is 7.20. The van der Waals surface area contributed by atoms with Gasteiger partial charge in [0.25, 0.3) is 5.91 Å². The zero-order chi connectivity index (χ0) is 14.1. The molecule has 2 fully saturated rings. The second-order valence-corrected chi connectivity index (χ2v) is 7.86. The van der Waals surface area contributed by atoms with Crippen molar-refractivity contribution in [2.45, 2.75) is 31.7 Å². The summed E-state index contributed by atoms with van der Waals surface area (Å²) in [5.41, 5.74) is 0.555. The molecule has 0 radical (unpaired) electrons. The molecule has 1 N–H and O–H groups in total. The van der Waals surface area contributed by atoms with Gasteiger partial charge in [-0.15, -0.1) is 23.7 Å². The molecule has 1 aromatic rings. The van der Waals surface area contributed by atoms with E-state index in [1.807, 2.05) is 4.90 Å². The summed E-state index contributed by atoms with van der Waals surface area (Å²) in [7, 11) is 0. The number of rotatable bonds is 2. The molecule has 3 rings (SSSR count). The summed E-state index contributed by atoms with van der Waals surface area (Å²) in [5.74, 6) is 0.735. The summed E-state index contributed by atoms with van der Waals surface area (Å²) in [6.07, 6.45) is 4.73. The van der Waals surface area contributed by atoms with Gasteiger partial charge in [0.05, 0.1) is 9.90 Å². The predicted octanol–water partition coefficient (Wildman–Crippen LogP) is 4.08. The third kappa shape index (κ3) is 3.85. The number of hydrogen-bond acceptors (Lipinski definition) is 3. The summed E-state index contributed by atoms with van der Waals surface area (Å²) in [6, 6.07) is 2.34. The van der Waals surface area contributed by atoms with E-state index in [-0.39, 0.29) is 18.3 Å². The molecule has 118 valence electrons. The van der Waals surface area contributed by atoms with Crippen LogP contribution in [0.4, 0.5) is 0 Å². The predicted molar refractivity (Wildman–Crippen MR) is 91.2 cm³/mol. The number of amides is 1. The van der Waals surface area contributed by atoms with Crippen molar-refractivity contribution in [2.24, 2.45) is 5.92 Å². The Morgan fingerprint density at radius 3 is 2.52 bits per heavy atom. The maximum Gasteiger partial charge on any atom is 0.256 e. The van der Waals surface area contributed by atoms with Crippen molar-refractivity contribution in [3.8, 4) is 0 Å². The monoisotopic (exact) mass is 368 g/mol. The van der Waals surface area contributed by atoms with Crippen molar-refractivity contribution in [3.63, 3.8) is 0 Å². The fourth-order valence-corrected chi connectivity index (χ4v) is 4.72. The van der Waals surface area contributed by atoms with E-state index in [1.54, 1.807) is 6.07 Å². The van der Waals surface area contributed by atoms with Crippen LogP contribution < -0.4 is 5.32 Å². The van der Waals surface area contributed by atoms with Crippen LogP contribution in [-0.4, -0.2) is 36.5 Å². The molecule has 1 amide bonds. The Morgan fingerprint density at radius 2 is 2.00 bits per heavy atom. The number of nitrogens with one attached hydrogen (secondary N) is 1. The van der Waals surface area contributed by atoms with Crippen molar-refractivity contribution in [1.29, 1.82) is 0 Å². The summed E-state index contributed by atoms with van der Waals surface area (Å²) < 4.78 is 1.07. The van der Waals surface area contributed by atoms with Crippen molar-refractivity contribution in [2.75, 3.05) is 19.6 Å². The highest BCUT2D eigenvalue weighted by Gasteiger charge is 2.31. The fraction of sp³-hybridized carbons (Fsp3) is 0.643. The largest absolute Gasteiger partial charge is 0.339 e. The zero-order valence-corrected chi connectivity index (χ0v) is 14.8. The highest BCUT2D eigenvalue weighted by Crippen LogP contribution is 2.33. The summed E-state index contributed by atoms with van der Waals surface area (Å²) >= 11 is 13.2. The summed E-state index contributed by atoms with van der Waals surface area (Å²) in [5, 5.41) is 3.57. The molecular formula is C14H19Cl3N2OS. The van der Waals surface area contributed by atoms with Crippen molar-refractivity contribution < 1.29 is 4.79 Å². The molecule has 3 heterocycles. The molecule has 2 aliphatic heterocycles. The normalized spacial score (nSPS) is 23.1. The number of nitrogens with zero attached hydrogens (tertiary/aromatic N) is 1. The Morgan fingerprint density at radius 1 is 1.29 bits per heavy atom. The molecular weight excluding hydrogens is 351 g/mol. The third-order valence-electron chi connectivity index (χ3n) is 4.38. The Kier molecular flexibility index (Phi) is 6.21. The number of hydrogen-bond donors (Lipinski definition) is 1. The minimum absolute atomic E-state index is 0. The fourth-order valence-electron chi connectivity index (χ4n) is 3.28. The standard InChI is InChI=1S/C14H18Cl2N2OS.ClH/c15-12-8-10(13(16)20-12)14(19)18-6-3-9(4-7-18)11-2-1-5-17-11;/h8-9,11,17H,1-7H2;1H. The maximum atomic E-state index is 12.4. The Bertz CT molecular complexity index is 494. The van der Waals surface area contributed by atoms with Crippen molar-refractivity contribution >= 4 is 52.9 Å². The number of carbonyl (C=O) groups excluding carboxylic acids is 1. The van der Waals surface area contributed by atoms with E-state index >= 15 is 0 Å². The molecule has 3 nitrogen and oxygen atoms in total. The van der Waals surface area contributed by atoms with E-state index in [2.05, 4.69) is 5.32 Å². The number of piperidine rings is 1. The van der Waals surface area contributed by atoms with Crippen LogP contribution in [-0.2, 0) is 0 Å². The van der Waals surface area contributed by atoms with E-state index in [4.69, 9.17) is 23.2 Å². The SMILES string of the molecule is Cl.O=C(c1cc(Cl)sc1Cl)N1CCC(C2CCCN2)CC1. The van der Waals surface area contributed by atoms with Crippen LogP contribution in [0.15, 0.2) is 6.07 Å². The Labute approximate surface area is 145 Å². The first-order valence-corrected chi connectivity index (χ1v) is 8.70. The van der Waals surface area contributed by atoms with Gasteiger partial charge in [-0.25, -0.2) is 0 Å². The first-order valence-electron chi connectivity index (χ1n) is 7.12. The topological polar surface area (TPSA) is 32.3 Å². The van der Waals surface area contributed by atoms with Gasteiger partial charge >= 0.3 is 0 Å². The molecule has 0 aliphatic carbocycles. The van der Waals surface area contributed by atoms with E-state index < -0.39 is 0 Å². The molecule has 0 spiro atoms. The molecule has 21 heavy (non-hydrogen) atoms. The van der Waals surface area contributed by atoms with Gasteiger partial charge in [0.1, 0.15) is 4.34 Å². The van der Waals surface area contributed by atoms with Crippen molar-refractivity contribution in [3.05, 3.63) is 20.3 Å². The lowest BCUT2D eigenvalue weighted by Gasteiger charge is -2.34. The molecule has 2 saturated heterocycles. The van der Waals surface area contributed by atoms with E-state index in [9.17, 15) is 4.79 Å². The van der Waals surface area contributed by atoms with Crippen LogP contribution >= 0.6 is 46.9 Å². The van der Waals surface area contributed by atoms with Gasteiger partial charge in [0.15, 0.2) is 0 Å². The van der Waals surface area contributed by atoms with Crippen LogP contribution in [0, 0.1) is 5.92 Å². The molecule has 0 saturated carbocycles. The average Bonchev–Trinajstić information content (AvgIpc) is 3.08. The summed E-state index contributed by atoms with van der Waals surface area (Å²) in [6.45, 7) is 2.80. The lowest BCUT2D eigenvalue weighted by atomic mass is 9.88. The van der Waals surface area contributed by atoms with Gasteiger partial charge in [0, 0.05) is 19.1 Å². The van der Waals surface area contributed by atoms with E-state index in [1.165, 1.54) is 24.2 Å². The number of halogens is 3. The quantitative estimate of drug-likeness (QED) is 0.852. The first kappa shape index (κ1) is 17.4. The van der Waals surface area contributed by atoms with Gasteiger partial charge in [-0.05, 0) is 44.2 Å². The number of likely N-dealkylation sites (tertiary alicyclic amines) is 1. The van der Waals surface area contributed by atoms with Gasteiger partial charge in [-0.1, -0.05) is 23.2 Å². The van der Waals surface area contributed by atoms with Crippen LogP contribution in [0.2, 0.25) is 8.67 Å². The molecule has 0 aromatic carbocycles. The van der Waals surface area contributed by atoms with Crippen molar-refractivity contribution in [1.82, 2.24) is 10.2 Å². The number of thiophene rings is 1. The zero-order valence-electron chi connectivity index (χ0n) is 11.6. The second-order valence-electron chi connectivity index (χ2n) is 5.57. The van der Waals surface area contributed by atoms with Gasteiger partial charge < -0.3 is 10.2 Å². The molecule has 2 aliphatic rings. The van der Waals surface area contributed by atoms with Crippen LogP contribution in [0.3, 0.4) is 0 Å². The minimum atomic E-state index is 0. The number of carbonyl (C=O) groups is 1. The minimum Gasteiger partial charge on any atom is -0.339 e. The molecule has 0 bridgehead atoms. The van der Waals surface area contributed by atoms with E-state index in [0.29, 0.717) is 26.2 Å². The molecule has 1 aromatic heterocycles. The second kappa shape index (κ2) is 7.51.